The molecule has 0 saturated carbocycles. The van der Waals surface area contributed by atoms with Crippen molar-refractivity contribution in [1.29, 1.82) is 0 Å². The van der Waals surface area contributed by atoms with Crippen molar-refractivity contribution in [2.45, 2.75) is 24.2 Å². The minimum atomic E-state index is -3.50. The first-order valence-corrected chi connectivity index (χ1v) is 7.94. The number of benzene rings is 1. The van der Waals surface area contributed by atoms with Crippen LogP contribution >= 0.6 is 12.4 Å². The second-order valence-corrected chi connectivity index (χ2v) is 6.84. The van der Waals surface area contributed by atoms with E-state index >= 15 is 0 Å². The maximum absolute atomic E-state index is 12.9. The van der Waals surface area contributed by atoms with Crippen molar-refractivity contribution in [2.24, 2.45) is 11.7 Å². The molecule has 1 atom stereocenters. The summed E-state index contributed by atoms with van der Waals surface area (Å²) in [6.07, 6.45) is 2.72. The molecule has 1 heterocycles. The van der Waals surface area contributed by atoms with Crippen molar-refractivity contribution >= 4 is 22.4 Å². The Morgan fingerprint density at radius 1 is 1.30 bits per heavy atom. The first-order valence-electron chi connectivity index (χ1n) is 6.50. The van der Waals surface area contributed by atoms with Crippen LogP contribution in [0.4, 0.5) is 4.39 Å². The highest BCUT2D eigenvalue weighted by molar-refractivity contribution is 7.89. The van der Waals surface area contributed by atoms with Crippen LogP contribution in [0, 0.1) is 11.7 Å². The number of nitrogens with two attached hydrogens (primary N) is 1. The Bertz CT molecular complexity index is 520. The molecule has 0 amide bonds. The van der Waals surface area contributed by atoms with E-state index in [0.717, 1.165) is 19.3 Å². The lowest BCUT2D eigenvalue weighted by Gasteiger charge is -2.31. The number of rotatable bonds is 4. The van der Waals surface area contributed by atoms with Crippen molar-refractivity contribution in [2.75, 3.05) is 19.6 Å². The van der Waals surface area contributed by atoms with E-state index in [9.17, 15) is 12.8 Å². The molecular formula is C13H20ClFN2O2S. The Balaban J connectivity index is 0.00000200. The summed E-state index contributed by atoms with van der Waals surface area (Å²) in [5.74, 6) is -0.104. The standard InChI is InChI=1S/C13H19FN2O2S.ClH/c14-12-3-5-13(6-4-12)19(17,18)16-9-1-2-11(10-16)7-8-15;/h3-6,11H,1-2,7-10,15H2;1H. The first kappa shape index (κ1) is 17.4. The van der Waals surface area contributed by atoms with Crippen LogP contribution in [-0.4, -0.2) is 32.4 Å². The molecule has 1 aliphatic rings. The van der Waals surface area contributed by atoms with E-state index < -0.39 is 15.8 Å². The third kappa shape index (κ3) is 3.91. The van der Waals surface area contributed by atoms with Gasteiger partial charge < -0.3 is 5.73 Å². The van der Waals surface area contributed by atoms with Gasteiger partial charge in [0.25, 0.3) is 0 Å². The highest BCUT2D eigenvalue weighted by Crippen LogP contribution is 2.25. The van der Waals surface area contributed by atoms with Crippen molar-refractivity contribution in [1.82, 2.24) is 4.31 Å². The number of hydrogen-bond acceptors (Lipinski definition) is 3. The van der Waals surface area contributed by atoms with E-state index in [2.05, 4.69) is 0 Å². The minimum absolute atomic E-state index is 0. The van der Waals surface area contributed by atoms with Crippen LogP contribution in [0.15, 0.2) is 29.2 Å². The molecule has 1 aliphatic heterocycles. The van der Waals surface area contributed by atoms with Gasteiger partial charge in [0.15, 0.2) is 0 Å². The molecule has 2 N–H and O–H groups in total. The summed E-state index contributed by atoms with van der Waals surface area (Å²) in [4.78, 5) is 0.155. The van der Waals surface area contributed by atoms with Crippen molar-refractivity contribution in [3.63, 3.8) is 0 Å². The maximum Gasteiger partial charge on any atom is 0.243 e. The summed E-state index contributed by atoms with van der Waals surface area (Å²) in [5.41, 5.74) is 5.53. The zero-order valence-electron chi connectivity index (χ0n) is 11.2. The average molecular weight is 323 g/mol. The number of sulfonamides is 1. The van der Waals surface area contributed by atoms with Crippen LogP contribution in [0.2, 0.25) is 0 Å². The summed E-state index contributed by atoms with van der Waals surface area (Å²) >= 11 is 0. The smallest absolute Gasteiger partial charge is 0.243 e. The monoisotopic (exact) mass is 322 g/mol. The summed E-state index contributed by atoms with van der Waals surface area (Å²) in [7, 11) is -3.50. The molecule has 114 valence electrons. The highest BCUT2D eigenvalue weighted by Gasteiger charge is 2.29. The summed E-state index contributed by atoms with van der Waals surface area (Å²) in [6.45, 7) is 1.62. The van der Waals surface area contributed by atoms with E-state index in [1.165, 1.54) is 28.6 Å². The van der Waals surface area contributed by atoms with Gasteiger partial charge in [-0.1, -0.05) is 0 Å². The second-order valence-electron chi connectivity index (χ2n) is 4.90. The minimum Gasteiger partial charge on any atom is -0.330 e. The molecule has 4 nitrogen and oxygen atoms in total. The summed E-state index contributed by atoms with van der Waals surface area (Å²) < 4.78 is 39.2. The fourth-order valence-electron chi connectivity index (χ4n) is 2.47. The maximum atomic E-state index is 12.9. The largest absolute Gasteiger partial charge is 0.330 e. The van der Waals surface area contributed by atoms with E-state index in [4.69, 9.17) is 5.73 Å². The number of halogens is 2. The number of nitrogens with zero attached hydrogens (tertiary/aromatic N) is 1. The molecular weight excluding hydrogens is 303 g/mol. The molecule has 0 aliphatic carbocycles. The lowest BCUT2D eigenvalue weighted by molar-refractivity contribution is 0.258. The molecule has 1 fully saturated rings. The predicted octanol–water partition coefficient (Wildman–Crippen LogP) is 2.00. The van der Waals surface area contributed by atoms with Gasteiger partial charge in [0.05, 0.1) is 4.90 Å². The third-order valence-corrected chi connectivity index (χ3v) is 5.39. The zero-order valence-corrected chi connectivity index (χ0v) is 12.8. The molecule has 1 aromatic carbocycles. The molecule has 0 radical (unpaired) electrons. The molecule has 0 spiro atoms. The molecule has 7 heteroatoms. The van der Waals surface area contributed by atoms with Crippen molar-refractivity contribution in [3.05, 3.63) is 30.1 Å². The molecule has 2 rings (SSSR count). The van der Waals surface area contributed by atoms with Gasteiger partial charge in [-0.05, 0) is 56.0 Å². The normalized spacial score (nSPS) is 20.4. The quantitative estimate of drug-likeness (QED) is 0.922. The van der Waals surface area contributed by atoms with Crippen LogP contribution in [0.5, 0.6) is 0 Å². The van der Waals surface area contributed by atoms with E-state index in [1.54, 1.807) is 0 Å². The lowest BCUT2D eigenvalue weighted by atomic mass is 9.96. The molecule has 1 saturated heterocycles. The Hall–Kier alpha value is -0.690. The first-order chi connectivity index (χ1) is 9.04. The second kappa shape index (κ2) is 7.36. The van der Waals surface area contributed by atoms with E-state index in [0.29, 0.717) is 25.6 Å². The van der Waals surface area contributed by atoms with Crippen LogP contribution in [0.3, 0.4) is 0 Å². The van der Waals surface area contributed by atoms with E-state index in [-0.39, 0.29) is 17.3 Å². The Labute approximate surface area is 125 Å². The van der Waals surface area contributed by atoms with Gasteiger partial charge in [0.2, 0.25) is 10.0 Å². The van der Waals surface area contributed by atoms with Crippen LogP contribution < -0.4 is 5.73 Å². The van der Waals surface area contributed by atoms with Gasteiger partial charge in [0.1, 0.15) is 5.82 Å². The van der Waals surface area contributed by atoms with Crippen LogP contribution in [0.1, 0.15) is 19.3 Å². The third-order valence-electron chi connectivity index (χ3n) is 3.51. The van der Waals surface area contributed by atoms with Crippen LogP contribution in [-0.2, 0) is 10.0 Å². The topological polar surface area (TPSA) is 63.4 Å². The SMILES string of the molecule is Cl.NCCC1CCCN(S(=O)(=O)c2ccc(F)cc2)C1. The molecule has 0 aromatic heterocycles. The van der Waals surface area contributed by atoms with Gasteiger partial charge >= 0.3 is 0 Å². The number of hydrogen-bond donors (Lipinski definition) is 1. The van der Waals surface area contributed by atoms with Gasteiger partial charge in [-0.3, -0.25) is 0 Å². The molecule has 0 bridgehead atoms. The Morgan fingerprint density at radius 2 is 1.95 bits per heavy atom. The van der Waals surface area contributed by atoms with Crippen molar-refractivity contribution in [3.8, 4) is 0 Å². The van der Waals surface area contributed by atoms with Gasteiger partial charge in [-0.2, -0.15) is 4.31 Å². The predicted molar refractivity (Wildman–Crippen MR) is 78.8 cm³/mol. The average Bonchev–Trinajstić information content (AvgIpc) is 2.40. The van der Waals surface area contributed by atoms with Gasteiger partial charge in [0, 0.05) is 13.1 Å². The molecule has 20 heavy (non-hydrogen) atoms. The zero-order chi connectivity index (χ0) is 13.9. The fraction of sp³-hybridized carbons (Fsp3) is 0.538. The van der Waals surface area contributed by atoms with Gasteiger partial charge in [-0.25, -0.2) is 12.8 Å². The van der Waals surface area contributed by atoms with Gasteiger partial charge in [-0.15, -0.1) is 12.4 Å². The Morgan fingerprint density at radius 3 is 2.55 bits per heavy atom. The summed E-state index contributed by atoms with van der Waals surface area (Å²) in [6, 6.07) is 4.98. The highest BCUT2D eigenvalue weighted by atomic mass is 35.5. The summed E-state index contributed by atoms with van der Waals surface area (Å²) in [5, 5.41) is 0. The van der Waals surface area contributed by atoms with Crippen LogP contribution in [0.25, 0.3) is 0 Å². The lowest BCUT2D eigenvalue weighted by Crippen LogP contribution is -2.40. The molecule has 1 aromatic rings. The Kier molecular flexibility index (Phi) is 6.39. The van der Waals surface area contributed by atoms with E-state index in [1.807, 2.05) is 0 Å². The molecule has 1 unspecified atom stereocenters. The number of piperidine rings is 1. The van der Waals surface area contributed by atoms with Crippen molar-refractivity contribution < 1.29 is 12.8 Å². The fourth-order valence-corrected chi connectivity index (χ4v) is 4.03.